The van der Waals surface area contributed by atoms with Crippen LogP contribution < -0.4 is 5.32 Å². The fourth-order valence-corrected chi connectivity index (χ4v) is 3.62. The van der Waals surface area contributed by atoms with Crippen molar-refractivity contribution in [1.82, 2.24) is 14.7 Å². The van der Waals surface area contributed by atoms with Crippen molar-refractivity contribution in [2.24, 2.45) is 0 Å². The molecule has 3 rings (SSSR count). The first-order valence-corrected chi connectivity index (χ1v) is 10.5. The van der Waals surface area contributed by atoms with Crippen molar-refractivity contribution in [3.63, 3.8) is 0 Å². The lowest BCUT2D eigenvalue weighted by Crippen LogP contribution is -2.49. The quantitative estimate of drug-likeness (QED) is 0.765. The van der Waals surface area contributed by atoms with Gasteiger partial charge in [-0.2, -0.15) is 0 Å². The molecule has 2 aromatic rings. The zero-order valence-electron chi connectivity index (χ0n) is 18.2. The molecule has 6 heteroatoms. The molecule has 1 heterocycles. The molecule has 160 valence electrons. The summed E-state index contributed by atoms with van der Waals surface area (Å²) in [5.41, 5.74) is 4.22. The van der Waals surface area contributed by atoms with Gasteiger partial charge in [0.05, 0.1) is 13.1 Å². The monoisotopic (exact) mass is 408 g/mol. The Morgan fingerprint density at radius 1 is 0.967 bits per heavy atom. The summed E-state index contributed by atoms with van der Waals surface area (Å²) in [5, 5.41) is 2.92. The zero-order chi connectivity index (χ0) is 21.5. The fraction of sp³-hybridized carbons (Fsp3) is 0.417. The van der Waals surface area contributed by atoms with Crippen molar-refractivity contribution >= 4 is 17.5 Å². The van der Waals surface area contributed by atoms with Crippen molar-refractivity contribution < 1.29 is 9.59 Å². The maximum atomic E-state index is 12.6. The average molecular weight is 409 g/mol. The third-order valence-corrected chi connectivity index (χ3v) is 5.55. The topological polar surface area (TPSA) is 55.9 Å². The van der Waals surface area contributed by atoms with Crippen molar-refractivity contribution in [2.45, 2.75) is 20.4 Å². The average Bonchev–Trinajstić information content (AvgIpc) is 2.73. The van der Waals surface area contributed by atoms with Gasteiger partial charge in [0.25, 0.3) is 0 Å². The lowest BCUT2D eigenvalue weighted by Gasteiger charge is -2.35. The third kappa shape index (κ3) is 6.40. The van der Waals surface area contributed by atoms with Crippen LogP contribution in [0.3, 0.4) is 0 Å². The van der Waals surface area contributed by atoms with E-state index in [-0.39, 0.29) is 18.4 Å². The van der Waals surface area contributed by atoms with Gasteiger partial charge in [-0.3, -0.25) is 19.4 Å². The van der Waals surface area contributed by atoms with Crippen molar-refractivity contribution in [3.05, 3.63) is 65.2 Å². The number of rotatable bonds is 7. The van der Waals surface area contributed by atoms with Gasteiger partial charge in [0.15, 0.2) is 0 Å². The summed E-state index contributed by atoms with van der Waals surface area (Å²) in [4.78, 5) is 31.1. The number of nitrogens with one attached hydrogen (secondary N) is 1. The molecule has 1 aliphatic heterocycles. The van der Waals surface area contributed by atoms with Crippen LogP contribution in [0.25, 0.3) is 0 Å². The number of carbonyl (C=O) groups is 2. The second-order valence-corrected chi connectivity index (χ2v) is 8.15. The Balaban J connectivity index is 1.41. The van der Waals surface area contributed by atoms with Gasteiger partial charge < -0.3 is 10.2 Å². The number of hydrogen-bond donors (Lipinski definition) is 1. The number of carbonyl (C=O) groups excluding carboxylic acids is 2. The molecule has 0 aliphatic carbocycles. The predicted molar refractivity (Wildman–Crippen MR) is 120 cm³/mol. The number of nitrogens with zero attached hydrogens (tertiary/aromatic N) is 3. The highest BCUT2D eigenvalue weighted by atomic mass is 16.2. The van der Waals surface area contributed by atoms with E-state index < -0.39 is 0 Å². The molecule has 1 aliphatic rings. The van der Waals surface area contributed by atoms with Crippen LogP contribution in [0.5, 0.6) is 0 Å². The minimum atomic E-state index is -0.174. The SMILES string of the molecule is Cc1ccc(C)c(NC(=O)CN(C)C(=O)CN2CCN(Cc3ccccc3)CC2)c1. The Morgan fingerprint density at radius 3 is 2.33 bits per heavy atom. The van der Waals surface area contributed by atoms with Crippen molar-refractivity contribution in [2.75, 3.05) is 51.6 Å². The number of benzene rings is 2. The molecule has 30 heavy (non-hydrogen) atoms. The first-order valence-electron chi connectivity index (χ1n) is 10.5. The first kappa shape index (κ1) is 22.0. The maximum absolute atomic E-state index is 12.6. The van der Waals surface area contributed by atoms with E-state index >= 15 is 0 Å². The normalized spacial score (nSPS) is 15.0. The lowest BCUT2D eigenvalue weighted by molar-refractivity contribution is -0.134. The minimum absolute atomic E-state index is 0.0253. The van der Waals surface area contributed by atoms with E-state index in [0.29, 0.717) is 6.54 Å². The van der Waals surface area contributed by atoms with Crippen LogP contribution in [0.4, 0.5) is 5.69 Å². The van der Waals surface area contributed by atoms with E-state index in [1.165, 1.54) is 10.5 Å². The van der Waals surface area contributed by atoms with Gasteiger partial charge in [0.2, 0.25) is 11.8 Å². The third-order valence-electron chi connectivity index (χ3n) is 5.55. The molecular weight excluding hydrogens is 376 g/mol. The summed E-state index contributed by atoms with van der Waals surface area (Å²) >= 11 is 0. The Morgan fingerprint density at radius 2 is 1.63 bits per heavy atom. The van der Waals surface area contributed by atoms with Crippen LogP contribution in [0.15, 0.2) is 48.5 Å². The highest BCUT2D eigenvalue weighted by Crippen LogP contribution is 2.16. The number of piperazine rings is 1. The largest absolute Gasteiger partial charge is 0.335 e. The molecule has 0 atom stereocenters. The van der Waals surface area contributed by atoms with Crippen molar-refractivity contribution in [3.8, 4) is 0 Å². The van der Waals surface area contributed by atoms with Gasteiger partial charge in [-0.05, 0) is 36.6 Å². The molecular formula is C24H32N4O2. The van der Waals surface area contributed by atoms with Gasteiger partial charge in [-0.25, -0.2) is 0 Å². The number of hydrogen-bond acceptors (Lipinski definition) is 4. The molecule has 0 radical (unpaired) electrons. The number of likely N-dealkylation sites (N-methyl/N-ethyl adjacent to an activating group) is 1. The smallest absolute Gasteiger partial charge is 0.243 e. The van der Waals surface area contributed by atoms with E-state index in [9.17, 15) is 9.59 Å². The predicted octanol–water partition coefficient (Wildman–Crippen LogP) is 2.52. The van der Waals surface area contributed by atoms with Crippen LogP contribution >= 0.6 is 0 Å². The first-order chi connectivity index (χ1) is 14.4. The van der Waals surface area contributed by atoms with Gasteiger partial charge in [0.1, 0.15) is 0 Å². The fourth-order valence-electron chi connectivity index (χ4n) is 3.62. The second kappa shape index (κ2) is 10.4. The molecule has 2 amide bonds. The standard InChI is InChI=1S/C24H32N4O2/c1-19-9-10-20(2)22(15-19)25-23(29)17-26(3)24(30)18-28-13-11-27(12-14-28)16-21-7-5-4-6-8-21/h4-10,15H,11-14,16-18H2,1-3H3,(H,25,29). The van der Waals surface area contributed by atoms with Gasteiger partial charge >= 0.3 is 0 Å². The van der Waals surface area contributed by atoms with Crippen LogP contribution in [-0.4, -0.2) is 72.8 Å². The molecule has 1 fully saturated rings. The number of amides is 2. The van der Waals surface area contributed by atoms with E-state index in [0.717, 1.165) is 49.5 Å². The molecule has 0 aromatic heterocycles. The van der Waals surface area contributed by atoms with Crippen LogP contribution in [0.2, 0.25) is 0 Å². The van der Waals surface area contributed by atoms with Crippen LogP contribution in [0, 0.1) is 13.8 Å². The van der Waals surface area contributed by atoms with Gasteiger partial charge in [0, 0.05) is 45.5 Å². The Bertz CT molecular complexity index is 861. The Kier molecular flexibility index (Phi) is 7.60. The Labute approximate surface area is 179 Å². The molecule has 0 saturated carbocycles. The van der Waals surface area contributed by atoms with Gasteiger partial charge in [-0.1, -0.05) is 42.5 Å². The number of anilines is 1. The van der Waals surface area contributed by atoms with E-state index in [2.05, 4.69) is 39.4 Å². The van der Waals surface area contributed by atoms with E-state index in [1.807, 2.05) is 38.1 Å². The molecule has 1 saturated heterocycles. The Hall–Kier alpha value is -2.70. The molecule has 0 unspecified atom stereocenters. The molecule has 2 aromatic carbocycles. The second-order valence-electron chi connectivity index (χ2n) is 8.15. The highest BCUT2D eigenvalue weighted by molar-refractivity contribution is 5.95. The highest BCUT2D eigenvalue weighted by Gasteiger charge is 2.21. The maximum Gasteiger partial charge on any atom is 0.243 e. The van der Waals surface area contributed by atoms with Gasteiger partial charge in [-0.15, -0.1) is 0 Å². The zero-order valence-corrected chi connectivity index (χ0v) is 18.2. The van der Waals surface area contributed by atoms with E-state index in [4.69, 9.17) is 0 Å². The molecule has 0 spiro atoms. The summed E-state index contributed by atoms with van der Waals surface area (Å²) in [5.74, 6) is -0.199. The molecule has 6 nitrogen and oxygen atoms in total. The van der Waals surface area contributed by atoms with Crippen molar-refractivity contribution in [1.29, 1.82) is 0 Å². The summed E-state index contributed by atoms with van der Waals surface area (Å²) in [6, 6.07) is 16.4. The summed E-state index contributed by atoms with van der Waals surface area (Å²) in [6.07, 6.45) is 0. The molecule has 0 bridgehead atoms. The minimum Gasteiger partial charge on any atom is -0.335 e. The van der Waals surface area contributed by atoms with Crippen LogP contribution in [0.1, 0.15) is 16.7 Å². The van der Waals surface area contributed by atoms with E-state index in [1.54, 1.807) is 7.05 Å². The number of aryl methyl sites for hydroxylation is 2. The summed E-state index contributed by atoms with van der Waals surface area (Å²) in [6.45, 7) is 8.92. The summed E-state index contributed by atoms with van der Waals surface area (Å²) < 4.78 is 0. The van der Waals surface area contributed by atoms with Crippen LogP contribution in [-0.2, 0) is 16.1 Å². The summed E-state index contributed by atoms with van der Waals surface area (Å²) in [7, 11) is 1.69. The molecule has 1 N–H and O–H groups in total. The lowest BCUT2D eigenvalue weighted by atomic mass is 10.1.